The summed E-state index contributed by atoms with van der Waals surface area (Å²) < 4.78 is 15.1. The van der Waals surface area contributed by atoms with Crippen LogP contribution in [-0.2, 0) is 14.3 Å². The smallest absolute Gasteiger partial charge is 0.350 e. The topological polar surface area (TPSA) is 80.6 Å². The largest absolute Gasteiger partial charge is 0.491 e. The van der Waals surface area contributed by atoms with Crippen LogP contribution in [-0.4, -0.2) is 32.9 Å². The molecule has 0 fully saturated rings. The minimum Gasteiger partial charge on any atom is -0.491 e. The number of carbonyl (C=O) groups is 1. The molecule has 0 aliphatic heterocycles. The molecule has 0 saturated heterocycles. The Morgan fingerprint density at radius 1 is 1.33 bits per heavy atom. The maximum atomic E-state index is 11.4. The van der Waals surface area contributed by atoms with Gasteiger partial charge in [-0.05, 0) is 31.2 Å². The zero-order chi connectivity index (χ0) is 15.5. The highest BCUT2D eigenvalue weighted by atomic mass is 16.5. The Bertz CT molecular complexity index is 517. The van der Waals surface area contributed by atoms with Crippen LogP contribution in [0.15, 0.2) is 36.0 Å². The van der Waals surface area contributed by atoms with E-state index in [0.29, 0.717) is 19.0 Å². The number of carbonyl (C=O) groups excluding carboxylic acids is 1. The van der Waals surface area contributed by atoms with Gasteiger partial charge >= 0.3 is 5.97 Å². The first-order valence-corrected chi connectivity index (χ1v) is 6.47. The maximum absolute atomic E-state index is 11.4. The average molecular weight is 290 g/mol. The molecule has 0 aliphatic rings. The Kier molecular flexibility index (Phi) is 7.40. The summed E-state index contributed by atoms with van der Waals surface area (Å²) in [6, 6.07) is 8.90. The van der Waals surface area contributed by atoms with E-state index in [-0.39, 0.29) is 12.2 Å². The molecule has 1 aromatic carbocycles. The number of rotatable bonds is 8. The SMILES string of the molecule is CCOC(=O)/C(C#N)=C/Nc1ccc(OCCOC)cc1. The molecule has 0 unspecified atom stereocenters. The fourth-order valence-electron chi connectivity index (χ4n) is 1.39. The van der Waals surface area contributed by atoms with E-state index in [1.165, 1.54) is 6.20 Å². The first-order valence-electron chi connectivity index (χ1n) is 6.47. The molecule has 1 aromatic rings. The van der Waals surface area contributed by atoms with E-state index in [2.05, 4.69) is 5.32 Å². The number of hydrogen-bond donors (Lipinski definition) is 1. The normalized spacial score (nSPS) is 10.6. The molecular formula is C15H18N2O4. The second-order valence-electron chi connectivity index (χ2n) is 3.90. The van der Waals surface area contributed by atoms with Crippen molar-refractivity contribution in [2.45, 2.75) is 6.92 Å². The van der Waals surface area contributed by atoms with Crippen LogP contribution in [0, 0.1) is 11.3 Å². The van der Waals surface area contributed by atoms with Crippen molar-refractivity contribution in [1.29, 1.82) is 5.26 Å². The van der Waals surface area contributed by atoms with Gasteiger partial charge in [0.25, 0.3) is 0 Å². The minimum absolute atomic E-state index is 0.0859. The van der Waals surface area contributed by atoms with Crippen molar-refractivity contribution in [2.24, 2.45) is 0 Å². The number of benzene rings is 1. The van der Waals surface area contributed by atoms with Crippen molar-refractivity contribution in [1.82, 2.24) is 0 Å². The van der Waals surface area contributed by atoms with Gasteiger partial charge in [-0.1, -0.05) is 0 Å². The Balaban J connectivity index is 2.58. The van der Waals surface area contributed by atoms with E-state index in [4.69, 9.17) is 19.5 Å². The van der Waals surface area contributed by atoms with Crippen molar-refractivity contribution in [3.8, 4) is 11.8 Å². The second-order valence-corrected chi connectivity index (χ2v) is 3.90. The molecule has 112 valence electrons. The van der Waals surface area contributed by atoms with Gasteiger partial charge in [0.2, 0.25) is 0 Å². The predicted octanol–water partition coefficient (Wildman–Crippen LogP) is 2.09. The summed E-state index contributed by atoms with van der Waals surface area (Å²) in [5.41, 5.74) is 0.642. The molecule has 0 radical (unpaired) electrons. The Morgan fingerprint density at radius 3 is 2.62 bits per heavy atom. The van der Waals surface area contributed by atoms with Gasteiger partial charge < -0.3 is 19.5 Å². The monoisotopic (exact) mass is 290 g/mol. The number of esters is 1. The summed E-state index contributed by atoms with van der Waals surface area (Å²) in [5.74, 6) is 0.0690. The second kappa shape index (κ2) is 9.39. The molecule has 0 aromatic heterocycles. The number of methoxy groups -OCH3 is 1. The van der Waals surface area contributed by atoms with Crippen LogP contribution in [0.2, 0.25) is 0 Å². The molecule has 6 heteroatoms. The number of nitrogens with zero attached hydrogens (tertiary/aromatic N) is 1. The molecule has 0 aliphatic carbocycles. The zero-order valence-corrected chi connectivity index (χ0v) is 12.1. The van der Waals surface area contributed by atoms with Crippen LogP contribution in [0.3, 0.4) is 0 Å². The lowest BCUT2D eigenvalue weighted by Crippen LogP contribution is -2.08. The molecule has 0 spiro atoms. The van der Waals surface area contributed by atoms with E-state index in [1.54, 1.807) is 44.4 Å². The Morgan fingerprint density at radius 2 is 2.05 bits per heavy atom. The van der Waals surface area contributed by atoms with Crippen LogP contribution in [0.4, 0.5) is 5.69 Å². The molecule has 1 N–H and O–H groups in total. The van der Waals surface area contributed by atoms with Gasteiger partial charge in [0.15, 0.2) is 5.57 Å². The zero-order valence-electron chi connectivity index (χ0n) is 12.1. The summed E-state index contributed by atoms with van der Waals surface area (Å²) in [7, 11) is 1.61. The highest BCUT2D eigenvalue weighted by molar-refractivity contribution is 5.93. The van der Waals surface area contributed by atoms with Gasteiger partial charge in [-0.3, -0.25) is 0 Å². The van der Waals surface area contributed by atoms with Crippen molar-refractivity contribution in [3.63, 3.8) is 0 Å². The molecule has 0 atom stereocenters. The third kappa shape index (κ3) is 5.97. The van der Waals surface area contributed by atoms with Crippen LogP contribution in [0.1, 0.15) is 6.92 Å². The van der Waals surface area contributed by atoms with Crippen LogP contribution in [0.25, 0.3) is 0 Å². The van der Waals surface area contributed by atoms with E-state index in [0.717, 1.165) is 5.69 Å². The highest BCUT2D eigenvalue weighted by Crippen LogP contribution is 2.16. The third-order valence-corrected chi connectivity index (χ3v) is 2.41. The molecule has 0 bridgehead atoms. The number of ether oxygens (including phenoxy) is 3. The van der Waals surface area contributed by atoms with Crippen molar-refractivity contribution in [3.05, 3.63) is 36.0 Å². The summed E-state index contributed by atoms with van der Waals surface area (Å²) in [4.78, 5) is 11.4. The van der Waals surface area contributed by atoms with Gasteiger partial charge in [-0.25, -0.2) is 4.79 Å². The van der Waals surface area contributed by atoms with Gasteiger partial charge in [0.1, 0.15) is 18.4 Å². The summed E-state index contributed by atoms with van der Waals surface area (Å²) in [6.07, 6.45) is 1.32. The summed E-state index contributed by atoms with van der Waals surface area (Å²) >= 11 is 0. The van der Waals surface area contributed by atoms with Gasteiger partial charge in [-0.15, -0.1) is 0 Å². The minimum atomic E-state index is -0.646. The number of nitrogens with one attached hydrogen (secondary N) is 1. The molecule has 0 saturated carbocycles. The third-order valence-electron chi connectivity index (χ3n) is 2.41. The molecule has 1 rings (SSSR count). The first kappa shape index (κ1) is 16.5. The molecule has 0 amide bonds. The predicted molar refractivity (Wildman–Crippen MR) is 77.8 cm³/mol. The highest BCUT2D eigenvalue weighted by Gasteiger charge is 2.08. The fourth-order valence-corrected chi connectivity index (χ4v) is 1.39. The van der Waals surface area contributed by atoms with Crippen LogP contribution >= 0.6 is 0 Å². The average Bonchev–Trinajstić information content (AvgIpc) is 2.50. The van der Waals surface area contributed by atoms with Crippen LogP contribution in [0.5, 0.6) is 5.75 Å². The van der Waals surface area contributed by atoms with Crippen molar-refractivity contribution < 1.29 is 19.0 Å². The fraction of sp³-hybridized carbons (Fsp3) is 0.333. The van der Waals surface area contributed by atoms with Gasteiger partial charge in [0, 0.05) is 19.0 Å². The van der Waals surface area contributed by atoms with Crippen LogP contribution < -0.4 is 10.1 Å². The van der Waals surface area contributed by atoms with Gasteiger partial charge in [0.05, 0.1) is 13.2 Å². The molecule has 0 heterocycles. The molecular weight excluding hydrogens is 272 g/mol. The Hall–Kier alpha value is -2.52. The Labute approximate surface area is 123 Å². The van der Waals surface area contributed by atoms with Gasteiger partial charge in [-0.2, -0.15) is 5.26 Å². The van der Waals surface area contributed by atoms with E-state index in [1.807, 2.05) is 0 Å². The van der Waals surface area contributed by atoms with Crippen molar-refractivity contribution >= 4 is 11.7 Å². The first-order chi connectivity index (χ1) is 10.2. The quantitative estimate of drug-likeness (QED) is 0.342. The van der Waals surface area contributed by atoms with E-state index in [9.17, 15) is 4.79 Å². The van der Waals surface area contributed by atoms with E-state index >= 15 is 0 Å². The van der Waals surface area contributed by atoms with Crippen molar-refractivity contribution in [2.75, 3.05) is 32.2 Å². The lowest BCUT2D eigenvalue weighted by Gasteiger charge is -2.07. The number of anilines is 1. The standard InChI is InChI=1S/C15H18N2O4/c1-3-20-15(18)12(10-16)11-17-13-4-6-14(7-5-13)21-9-8-19-2/h4-7,11,17H,3,8-9H2,1-2H3/b12-11+. The number of nitriles is 1. The number of hydrogen-bond acceptors (Lipinski definition) is 6. The van der Waals surface area contributed by atoms with E-state index < -0.39 is 5.97 Å². The maximum Gasteiger partial charge on any atom is 0.350 e. The lowest BCUT2D eigenvalue weighted by atomic mass is 10.3. The lowest BCUT2D eigenvalue weighted by molar-refractivity contribution is -0.138. The summed E-state index contributed by atoms with van der Waals surface area (Å²) in [5, 5.41) is 11.7. The summed E-state index contributed by atoms with van der Waals surface area (Å²) in [6.45, 7) is 2.91. The molecule has 21 heavy (non-hydrogen) atoms. The molecule has 6 nitrogen and oxygen atoms in total.